The lowest BCUT2D eigenvalue weighted by Gasteiger charge is -2.36. The molecule has 2 fully saturated rings. The van der Waals surface area contributed by atoms with E-state index in [4.69, 9.17) is 5.73 Å². The molecule has 2 aliphatic heterocycles. The standard InChI is InChI=1S/C11H22N2/c1-7(2)5-9-10(12)6-8-3-4-11(9)13-8/h7-11,13H,3-6,12H2,1-2H3. The zero-order chi connectivity index (χ0) is 9.42. The van der Waals surface area contributed by atoms with Gasteiger partial charge in [0.25, 0.3) is 0 Å². The minimum Gasteiger partial charge on any atom is -0.327 e. The molecule has 0 aromatic rings. The van der Waals surface area contributed by atoms with Crippen molar-refractivity contribution in [1.82, 2.24) is 5.32 Å². The molecule has 0 radical (unpaired) electrons. The van der Waals surface area contributed by atoms with Crippen LogP contribution in [0, 0.1) is 11.8 Å². The Morgan fingerprint density at radius 1 is 1.38 bits per heavy atom. The molecule has 2 saturated heterocycles. The minimum absolute atomic E-state index is 0.459. The molecule has 0 amide bonds. The molecular weight excluding hydrogens is 160 g/mol. The zero-order valence-corrected chi connectivity index (χ0v) is 8.79. The molecule has 2 nitrogen and oxygen atoms in total. The van der Waals surface area contributed by atoms with Crippen LogP contribution in [0.2, 0.25) is 0 Å². The van der Waals surface area contributed by atoms with Gasteiger partial charge in [0.05, 0.1) is 0 Å². The van der Waals surface area contributed by atoms with Crippen molar-refractivity contribution in [2.45, 2.75) is 57.7 Å². The average molecular weight is 182 g/mol. The molecule has 2 rings (SSSR count). The molecule has 0 spiro atoms. The predicted molar refractivity (Wildman–Crippen MR) is 55.5 cm³/mol. The van der Waals surface area contributed by atoms with Crippen LogP contribution < -0.4 is 11.1 Å². The topological polar surface area (TPSA) is 38.0 Å². The maximum Gasteiger partial charge on any atom is 0.0113 e. The first-order valence-electron chi connectivity index (χ1n) is 5.68. The van der Waals surface area contributed by atoms with Crippen LogP contribution in [0.5, 0.6) is 0 Å². The van der Waals surface area contributed by atoms with E-state index in [0.29, 0.717) is 6.04 Å². The molecule has 76 valence electrons. The first-order valence-corrected chi connectivity index (χ1v) is 5.68. The van der Waals surface area contributed by atoms with Crippen LogP contribution in [0.1, 0.15) is 39.5 Å². The summed E-state index contributed by atoms with van der Waals surface area (Å²) in [5.74, 6) is 1.52. The van der Waals surface area contributed by atoms with E-state index < -0.39 is 0 Å². The summed E-state index contributed by atoms with van der Waals surface area (Å²) in [4.78, 5) is 0. The van der Waals surface area contributed by atoms with Crippen molar-refractivity contribution < 1.29 is 0 Å². The van der Waals surface area contributed by atoms with Crippen molar-refractivity contribution in [2.75, 3.05) is 0 Å². The van der Waals surface area contributed by atoms with E-state index in [0.717, 1.165) is 23.9 Å². The van der Waals surface area contributed by atoms with E-state index in [1.165, 1.54) is 25.7 Å². The van der Waals surface area contributed by atoms with Crippen molar-refractivity contribution in [2.24, 2.45) is 17.6 Å². The predicted octanol–water partition coefficient (Wildman–Crippen LogP) is 1.50. The quantitative estimate of drug-likeness (QED) is 0.679. The van der Waals surface area contributed by atoms with Gasteiger partial charge in [-0.1, -0.05) is 13.8 Å². The molecule has 2 heteroatoms. The molecule has 0 aromatic heterocycles. The highest BCUT2D eigenvalue weighted by Crippen LogP contribution is 2.34. The Bertz CT molecular complexity index is 179. The minimum atomic E-state index is 0.459. The summed E-state index contributed by atoms with van der Waals surface area (Å²) in [6, 6.07) is 1.93. The fraction of sp³-hybridized carbons (Fsp3) is 1.00. The first-order chi connectivity index (χ1) is 6.16. The summed E-state index contributed by atoms with van der Waals surface area (Å²) in [6.07, 6.45) is 5.21. The van der Waals surface area contributed by atoms with Gasteiger partial charge in [0, 0.05) is 18.1 Å². The van der Waals surface area contributed by atoms with Gasteiger partial charge in [0.1, 0.15) is 0 Å². The number of hydrogen-bond donors (Lipinski definition) is 2. The molecule has 0 aliphatic carbocycles. The number of hydrogen-bond acceptors (Lipinski definition) is 2. The first kappa shape index (κ1) is 9.47. The fourth-order valence-corrected chi connectivity index (χ4v) is 3.06. The summed E-state index contributed by atoms with van der Waals surface area (Å²) >= 11 is 0. The summed E-state index contributed by atoms with van der Waals surface area (Å²) in [7, 11) is 0. The molecule has 2 heterocycles. The van der Waals surface area contributed by atoms with E-state index in [9.17, 15) is 0 Å². The van der Waals surface area contributed by atoms with Crippen LogP contribution >= 0.6 is 0 Å². The van der Waals surface area contributed by atoms with Gasteiger partial charge in [-0.15, -0.1) is 0 Å². The Balaban J connectivity index is 1.99. The smallest absolute Gasteiger partial charge is 0.0113 e. The second-order valence-electron chi connectivity index (χ2n) is 5.24. The number of fused-ring (bicyclic) bond motifs is 2. The summed E-state index contributed by atoms with van der Waals surface area (Å²) < 4.78 is 0. The number of piperidine rings is 1. The van der Waals surface area contributed by atoms with E-state index in [1.807, 2.05) is 0 Å². The Kier molecular flexibility index (Phi) is 2.61. The van der Waals surface area contributed by atoms with E-state index in [1.54, 1.807) is 0 Å². The zero-order valence-electron chi connectivity index (χ0n) is 8.79. The van der Waals surface area contributed by atoms with Gasteiger partial charge in [-0.3, -0.25) is 0 Å². The fourth-order valence-electron chi connectivity index (χ4n) is 3.06. The van der Waals surface area contributed by atoms with Crippen LogP contribution in [0.25, 0.3) is 0 Å². The number of rotatable bonds is 2. The SMILES string of the molecule is CC(C)CC1C(N)CC2CCC1N2. The third kappa shape index (κ3) is 1.89. The Hall–Kier alpha value is -0.0800. The maximum absolute atomic E-state index is 6.21. The molecule has 0 aromatic carbocycles. The van der Waals surface area contributed by atoms with Crippen molar-refractivity contribution in [3.8, 4) is 0 Å². The second kappa shape index (κ2) is 3.58. The van der Waals surface area contributed by atoms with Crippen LogP contribution in [-0.2, 0) is 0 Å². The van der Waals surface area contributed by atoms with Crippen molar-refractivity contribution >= 4 is 0 Å². The van der Waals surface area contributed by atoms with Gasteiger partial charge in [-0.2, -0.15) is 0 Å². The third-order valence-corrected chi connectivity index (χ3v) is 3.64. The van der Waals surface area contributed by atoms with E-state index >= 15 is 0 Å². The Morgan fingerprint density at radius 2 is 2.15 bits per heavy atom. The molecule has 13 heavy (non-hydrogen) atoms. The second-order valence-corrected chi connectivity index (χ2v) is 5.24. The van der Waals surface area contributed by atoms with E-state index in [-0.39, 0.29) is 0 Å². The van der Waals surface area contributed by atoms with Gasteiger partial charge in [-0.05, 0) is 37.5 Å². The highest BCUT2D eigenvalue weighted by atomic mass is 15.0. The van der Waals surface area contributed by atoms with Gasteiger partial charge < -0.3 is 11.1 Å². The van der Waals surface area contributed by atoms with Gasteiger partial charge in [0.2, 0.25) is 0 Å². The van der Waals surface area contributed by atoms with Crippen LogP contribution in [0.3, 0.4) is 0 Å². The lowest BCUT2D eigenvalue weighted by atomic mass is 9.82. The van der Waals surface area contributed by atoms with Crippen molar-refractivity contribution in [1.29, 1.82) is 0 Å². The molecule has 4 unspecified atom stereocenters. The van der Waals surface area contributed by atoms with Gasteiger partial charge in [0.15, 0.2) is 0 Å². The highest BCUT2D eigenvalue weighted by Gasteiger charge is 2.39. The lowest BCUT2D eigenvalue weighted by molar-refractivity contribution is 0.219. The van der Waals surface area contributed by atoms with Crippen LogP contribution in [-0.4, -0.2) is 18.1 Å². The van der Waals surface area contributed by atoms with Crippen LogP contribution in [0.4, 0.5) is 0 Å². The third-order valence-electron chi connectivity index (χ3n) is 3.64. The largest absolute Gasteiger partial charge is 0.327 e. The monoisotopic (exact) mass is 182 g/mol. The molecule has 3 N–H and O–H groups in total. The summed E-state index contributed by atoms with van der Waals surface area (Å²) in [6.45, 7) is 4.60. The van der Waals surface area contributed by atoms with Gasteiger partial charge in [-0.25, -0.2) is 0 Å². The number of nitrogens with one attached hydrogen (secondary N) is 1. The Labute approximate surface area is 81.3 Å². The number of nitrogens with two attached hydrogens (primary N) is 1. The normalized spacial score (nSPS) is 44.3. The van der Waals surface area contributed by atoms with Crippen LogP contribution in [0.15, 0.2) is 0 Å². The average Bonchev–Trinajstić information content (AvgIpc) is 2.42. The molecule has 2 bridgehead atoms. The van der Waals surface area contributed by atoms with Crippen molar-refractivity contribution in [3.05, 3.63) is 0 Å². The molecular formula is C11H22N2. The van der Waals surface area contributed by atoms with E-state index in [2.05, 4.69) is 19.2 Å². The lowest BCUT2D eigenvalue weighted by Crippen LogP contribution is -2.51. The molecule has 2 aliphatic rings. The van der Waals surface area contributed by atoms with Gasteiger partial charge >= 0.3 is 0 Å². The highest BCUT2D eigenvalue weighted by molar-refractivity contribution is 4.99. The molecule has 4 atom stereocenters. The Morgan fingerprint density at radius 3 is 2.85 bits per heavy atom. The van der Waals surface area contributed by atoms with Crippen molar-refractivity contribution in [3.63, 3.8) is 0 Å². The maximum atomic E-state index is 6.21. The summed E-state index contributed by atoms with van der Waals surface area (Å²) in [5, 5.41) is 3.70. The molecule has 0 saturated carbocycles. The summed E-state index contributed by atoms with van der Waals surface area (Å²) in [5.41, 5.74) is 6.21.